The maximum Gasteiger partial charge on any atom is 0.306 e. The van der Waals surface area contributed by atoms with Crippen LogP contribution in [0.25, 0.3) is 0 Å². The molecule has 0 aliphatic heterocycles. The molecule has 0 aromatic carbocycles. The van der Waals surface area contributed by atoms with E-state index in [9.17, 15) is 13.2 Å². The minimum absolute atomic E-state index is 0.108. The molecule has 2 N–H and O–H groups in total. The predicted octanol–water partition coefficient (Wildman–Crippen LogP) is 0.0744. The van der Waals surface area contributed by atoms with Crippen molar-refractivity contribution in [2.45, 2.75) is 13.0 Å². The molecule has 6 nitrogen and oxygen atoms in total. The van der Waals surface area contributed by atoms with Crippen molar-refractivity contribution in [1.82, 2.24) is 4.72 Å². The molecule has 1 heterocycles. The van der Waals surface area contributed by atoms with Gasteiger partial charge in [-0.25, -0.2) is 13.1 Å². The second kappa shape index (κ2) is 8.01. The quantitative estimate of drug-likeness (QED) is 0.572. The molecule has 1 aromatic heterocycles. The lowest BCUT2D eigenvalue weighted by Gasteiger charge is -2.05. The number of carbonyl (C=O) groups is 1. The molecule has 0 fully saturated rings. The summed E-state index contributed by atoms with van der Waals surface area (Å²) in [5, 5.41) is 10.4. The number of aliphatic hydroxyl groups excluding tert-OH is 1. The highest BCUT2D eigenvalue weighted by molar-refractivity contribution is 7.89. The first-order chi connectivity index (χ1) is 9.48. The van der Waals surface area contributed by atoms with E-state index < -0.39 is 16.0 Å². The highest BCUT2D eigenvalue weighted by atomic mass is 32.2. The van der Waals surface area contributed by atoms with Gasteiger partial charge in [0.15, 0.2) is 0 Å². The third kappa shape index (κ3) is 5.71. The lowest BCUT2D eigenvalue weighted by atomic mass is 10.2. The first-order valence-electron chi connectivity index (χ1n) is 5.68. The van der Waals surface area contributed by atoms with Crippen molar-refractivity contribution < 1.29 is 23.1 Å². The molecule has 8 heteroatoms. The van der Waals surface area contributed by atoms with Crippen LogP contribution in [0, 0.1) is 11.8 Å². The summed E-state index contributed by atoms with van der Waals surface area (Å²) in [6.45, 7) is -0.142. The van der Waals surface area contributed by atoms with Crippen LogP contribution in [-0.2, 0) is 26.1 Å². The second-order valence-electron chi connectivity index (χ2n) is 3.68. The molecule has 0 bridgehead atoms. The number of rotatable bonds is 6. The number of esters is 1. The largest absolute Gasteiger partial charge is 0.469 e. The van der Waals surface area contributed by atoms with Crippen molar-refractivity contribution in [3.63, 3.8) is 0 Å². The van der Waals surface area contributed by atoms with Gasteiger partial charge in [-0.2, -0.15) is 0 Å². The van der Waals surface area contributed by atoms with Crippen molar-refractivity contribution in [2.75, 3.05) is 19.5 Å². The summed E-state index contributed by atoms with van der Waals surface area (Å²) in [4.78, 5) is 11.7. The minimum Gasteiger partial charge on any atom is -0.469 e. The number of thiophene rings is 1. The summed E-state index contributed by atoms with van der Waals surface area (Å²) in [6, 6.07) is 1.76. The lowest BCUT2D eigenvalue weighted by Crippen LogP contribution is -2.27. The predicted molar refractivity (Wildman–Crippen MR) is 75.5 cm³/mol. The Balaban J connectivity index is 2.58. The molecule has 0 amide bonds. The zero-order chi connectivity index (χ0) is 15.0. The Bertz CT molecular complexity index is 609. The molecule has 0 saturated heterocycles. The monoisotopic (exact) mass is 317 g/mol. The van der Waals surface area contributed by atoms with Gasteiger partial charge in [0.1, 0.15) is 6.61 Å². The molecule has 0 radical (unpaired) electrons. The maximum absolute atomic E-state index is 11.7. The summed E-state index contributed by atoms with van der Waals surface area (Å²) in [5.41, 5.74) is 0.680. The highest BCUT2D eigenvalue weighted by Crippen LogP contribution is 2.15. The molecular weight excluding hydrogens is 302 g/mol. The smallest absolute Gasteiger partial charge is 0.306 e. The van der Waals surface area contributed by atoms with Crippen molar-refractivity contribution in [3.05, 3.63) is 21.9 Å². The average molecular weight is 317 g/mol. The molecule has 0 unspecified atom stereocenters. The Hall–Kier alpha value is -1.40. The van der Waals surface area contributed by atoms with E-state index in [1.165, 1.54) is 18.4 Å². The summed E-state index contributed by atoms with van der Waals surface area (Å²) < 4.78 is 30.2. The van der Waals surface area contributed by atoms with Gasteiger partial charge in [-0.15, -0.1) is 11.3 Å². The van der Waals surface area contributed by atoms with Crippen molar-refractivity contribution in [3.8, 4) is 11.8 Å². The van der Waals surface area contributed by atoms with E-state index in [1.54, 1.807) is 11.4 Å². The maximum atomic E-state index is 11.7. The minimum atomic E-state index is -3.54. The molecule has 1 aromatic rings. The first kappa shape index (κ1) is 16.7. The third-order valence-corrected chi connectivity index (χ3v) is 4.55. The van der Waals surface area contributed by atoms with E-state index >= 15 is 0 Å². The van der Waals surface area contributed by atoms with E-state index in [0.29, 0.717) is 5.56 Å². The average Bonchev–Trinajstić information content (AvgIpc) is 2.88. The highest BCUT2D eigenvalue weighted by Gasteiger charge is 2.14. The van der Waals surface area contributed by atoms with Crippen molar-refractivity contribution in [1.29, 1.82) is 0 Å². The van der Waals surface area contributed by atoms with Gasteiger partial charge in [0.05, 0.1) is 19.3 Å². The molecule has 110 valence electrons. The number of hydrogen-bond donors (Lipinski definition) is 2. The summed E-state index contributed by atoms with van der Waals surface area (Å²) in [5.74, 6) is 4.36. The Labute approximate surface area is 121 Å². The van der Waals surface area contributed by atoms with Crippen LogP contribution in [0.4, 0.5) is 0 Å². The van der Waals surface area contributed by atoms with Gasteiger partial charge in [-0.1, -0.05) is 11.8 Å². The third-order valence-electron chi connectivity index (χ3n) is 2.30. The van der Waals surface area contributed by atoms with Gasteiger partial charge < -0.3 is 9.84 Å². The summed E-state index contributed by atoms with van der Waals surface area (Å²) >= 11 is 1.37. The van der Waals surface area contributed by atoms with Gasteiger partial charge >= 0.3 is 5.97 Å². The zero-order valence-electron chi connectivity index (χ0n) is 10.9. The standard InChI is InChI=1S/C12H15NO5S2/c1-18-12(15)5-8-20(16,17)13-9-11-10(3-2-6-14)4-7-19-11/h4,7,13-14H,5-6,8-9H2,1H3. The number of carbonyl (C=O) groups excluding carboxylic acids is 1. The molecule has 0 saturated carbocycles. The fraction of sp³-hybridized carbons (Fsp3) is 0.417. The van der Waals surface area contributed by atoms with E-state index in [4.69, 9.17) is 5.11 Å². The Morgan fingerprint density at radius 3 is 2.95 bits per heavy atom. The van der Waals surface area contributed by atoms with Crippen LogP contribution in [0.5, 0.6) is 0 Å². The van der Waals surface area contributed by atoms with Crippen molar-refractivity contribution in [2.24, 2.45) is 0 Å². The molecular formula is C12H15NO5S2. The topological polar surface area (TPSA) is 92.7 Å². The summed E-state index contributed by atoms with van der Waals surface area (Å²) in [7, 11) is -2.33. The van der Waals surface area contributed by atoms with Gasteiger partial charge in [-0.3, -0.25) is 4.79 Å². The Morgan fingerprint density at radius 2 is 2.30 bits per heavy atom. The van der Waals surface area contributed by atoms with Crippen LogP contribution < -0.4 is 4.72 Å². The fourth-order valence-electron chi connectivity index (χ4n) is 1.29. The number of sulfonamides is 1. The summed E-state index contributed by atoms with van der Waals surface area (Å²) in [6.07, 6.45) is -0.187. The number of ether oxygens (including phenoxy) is 1. The first-order valence-corrected chi connectivity index (χ1v) is 8.22. The Morgan fingerprint density at radius 1 is 1.55 bits per heavy atom. The van der Waals surface area contributed by atoms with Crippen LogP contribution in [0.2, 0.25) is 0 Å². The molecule has 0 atom stereocenters. The SMILES string of the molecule is COC(=O)CCS(=O)(=O)NCc1sccc1C#CCO. The molecule has 0 aliphatic rings. The van der Waals surface area contributed by atoms with Gasteiger partial charge in [-0.05, 0) is 11.4 Å². The molecule has 20 heavy (non-hydrogen) atoms. The number of methoxy groups -OCH3 is 1. The van der Waals surface area contributed by atoms with Crippen LogP contribution in [0.15, 0.2) is 11.4 Å². The lowest BCUT2D eigenvalue weighted by molar-refractivity contribution is -0.140. The van der Waals surface area contributed by atoms with Crippen LogP contribution in [0.1, 0.15) is 16.9 Å². The fourth-order valence-corrected chi connectivity index (χ4v) is 3.10. The van der Waals surface area contributed by atoms with Gasteiger partial charge in [0.2, 0.25) is 10.0 Å². The molecule has 0 spiro atoms. The number of aliphatic hydroxyl groups is 1. The van der Waals surface area contributed by atoms with Crippen LogP contribution >= 0.6 is 11.3 Å². The zero-order valence-corrected chi connectivity index (χ0v) is 12.5. The second-order valence-corrected chi connectivity index (χ2v) is 6.61. The van der Waals surface area contributed by atoms with Crippen LogP contribution in [-0.4, -0.2) is 39.0 Å². The van der Waals surface area contributed by atoms with E-state index in [1.807, 2.05) is 0 Å². The van der Waals surface area contributed by atoms with E-state index in [-0.39, 0.29) is 25.3 Å². The van der Waals surface area contributed by atoms with Crippen molar-refractivity contribution >= 4 is 27.3 Å². The van der Waals surface area contributed by atoms with E-state index in [0.717, 1.165) is 4.88 Å². The van der Waals surface area contributed by atoms with Gasteiger partial charge in [0, 0.05) is 17.0 Å². The molecule has 1 rings (SSSR count). The number of nitrogens with one attached hydrogen (secondary N) is 1. The van der Waals surface area contributed by atoms with Gasteiger partial charge in [0.25, 0.3) is 0 Å². The molecule has 0 aliphatic carbocycles. The van der Waals surface area contributed by atoms with E-state index in [2.05, 4.69) is 21.3 Å². The van der Waals surface area contributed by atoms with Crippen LogP contribution in [0.3, 0.4) is 0 Å². The number of hydrogen-bond acceptors (Lipinski definition) is 6. The Kier molecular flexibility index (Phi) is 6.67. The normalized spacial score (nSPS) is 10.7.